The minimum absolute atomic E-state index is 0. The molecule has 0 heterocycles. The van der Waals surface area contributed by atoms with Crippen LogP contribution in [0.25, 0.3) is 0 Å². The van der Waals surface area contributed by atoms with Crippen LogP contribution in [0, 0.1) is 87.3 Å². The number of aliphatic imine (C=N–C) groups is 2. The summed E-state index contributed by atoms with van der Waals surface area (Å²) in [4.78, 5) is 33.2. The van der Waals surface area contributed by atoms with Crippen molar-refractivity contribution in [2.75, 3.05) is 26.3 Å². The van der Waals surface area contributed by atoms with Crippen molar-refractivity contribution in [2.24, 2.45) is 9.98 Å². The number of nitrogens with zero attached hydrogens (tertiary/aromatic N) is 5. The van der Waals surface area contributed by atoms with Crippen LogP contribution in [0.4, 0.5) is 0 Å². The summed E-state index contributed by atoms with van der Waals surface area (Å²) >= 11 is 0. The molecule has 0 N–H and O–H groups in total. The Balaban J connectivity index is -0.000000392. The fraction of sp³-hybridized carbons (Fsp3) is 0.300. The van der Waals surface area contributed by atoms with Crippen LogP contribution < -0.4 is 19.7 Å². The second-order valence-corrected chi connectivity index (χ2v) is 5.96. The molecule has 0 spiro atoms. The zero-order valence-corrected chi connectivity index (χ0v) is 25.5. The molecule has 0 unspecified atom stereocenters. The monoisotopic (exact) mass is 744 g/mol. The van der Waals surface area contributed by atoms with Crippen LogP contribution in [0.2, 0.25) is 0 Å². The first-order valence-corrected chi connectivity index (χ1v) is 10.2. The van der Waals surface area contributed by atoms with Gasteiger partial charge in [-0.25, -0.2) is 0 Å². The number of hydrogen-bond donors (Lipinski definition) is 0. The van der Waals surface area contributed by atoms with Gasteiger partial charge in [0.1, 0.15) is 11.5 Å². The van der Waals surface area contributed by atoms with Crippen molar-refractivity contribution in [2.45, 2.75) is 13.8 Å². The molecule has 219 valence electrons. The number of hydrogen-bond acceptors (Lipinski definition) is 15. The Morgan fingerprint density at radius 3 is 1.20 bits per heavy atom. The molecular weight excluding hydrogens is 723 g/mol. The van der Waals surface area contributed by atoms with E-state index in [1.807, 2.05) is 13.8 Å². The van der Waals surface area contributed by atoms with E-state index in [0.717, 1.165) is 0 Å². The average Bonchev–Trinajstić information content (AvgIpc) is 2.80. The van der Waals surface area contributed by atoms with Crippen molar-refractivity contribution in [1.29, 1.82) is 0 Å². The maximum atomic E-state index is 12.1. The van der Waals surface area contributed by atoms with Crippen molar-refractivity contribution in [3.05, 3.63) is 93.5 Å². The quantitative estimate of drug-likeness (QED) is 0.116. The molecule has 0 fully saturated rings. The smallest absolute Gasteiger partial charge is 0.870 e. The van der Waals surface area contributed by atoms with Gasteiger partial charge in [0.05, 0.1) is 41.6 Å². The first kappa shape index (κ1) is 43.5. The second-order valence-electron chi connectivity index (χ2n) is 5.96. The fourth-order valence-corrected chi connectivity index (χ4v) is 2.25. The predicted molar refractivity (Wildman–Crippen MR) is 130 cm³/mol. The normalized spacial score (nSPS) is 9.15. The van der Waals surface area contributed by atoms with E-state index in [2.05, 4.69) is 9.98 Å². The number of ether oxygens (including phenoxy) is 2. The summed E-state index contributed by atoms with van der Waals surface area (Å²) in [6.45, 7) is 5.36. The van der Waals surface area contributed by atoms with E-state index in [4.69, 9.17) is 55.4 Å². The topological polar surface area (TPSA) is 288 Å². The maximum absolute atomic E-state index is 12.1. The molecule has 20 heteroatoms. The van der Waals surface area contributed by atoms with Crippen LogP contribution in [0.5, 0.6) is 23.0 Å². The van der Waals surface area contributed by atoms with Crippen LogP contribution in [-0.2, 0) is 17.1 Å². The Morgan fingerprint density at radius 2 is 0.950 bits per heavy atom. The SMILES string of the molecule is CCOc1cccc(C=NCCN=Cc2cccc(OCC)c2[O-])c1[O-].O=[N+]([O-])[O-].O=[N+]([O-])[O-].O=[N+]([O-])[O-].[Cu+2].[Pr+3]. The summed E-state index contributed by atoms with van der Waals surface area (Å²) in [7, 11) is 0. The molecule has 0 atom stereocenters. The Hall–Kier alpha value is -3.54. The van der Waals surface area contributed by atoms with Gasteiger partial charge in [0.25, 0.3) is 0 Å². The number of para-hydroxylation sites is 2. The summed E-state index contributed by atoms with van der Waals surface area (Å²) in [5, 5.41) is 68.4. The summed E-state index contributed by atoms with van der Waals surface area (Å²) < 4.78 is 10.5. The molecule has 1 radical (unpaired) electrons. The Kier molecular flexibility index (Phi) is 29.4. The largest absolute Gasteiger partial charge is 3.00 e. The predicted octanol–water partition coefficient (Wildman–Crippen LogP) is 1.45. The van der Waals surface area contributed by atoms with E-state index in [1.54, 1.807) is 36.4 Å². The van der Waals surface area contributed by atoms with Gasteiger partial charge in [0.15, 0.2) is 0 Å². The first-order chi connectivity index (χ1) is 17.9. The molecule has 0 saturated heterocycles. The van der Waals surface area contributed by atoms with Gasteiger partial charge in [-0.05, 0) is 37.1 Å². The maximum Gasteiger partial charge on any atom is 3.00 e. The molecule has 0 aliphatic rings. The summed E-state index contributed by atoms with van der Waals surface area (Å²) in [5.74, 6) is 0.300. The van der Waals surface area contributed by atoms with E-state index < -0.39 is 15.3 Å². The Labute approximate surface area is 270 Å². The molecule has 0 aliphatic heterocycles. The molecule has 0 bridgehead atoms. The summed E-state index contributed by atoms with van der Waals surface area (Å²) in [6.07, 6.45) is 3.05. The minimum atomic E-state index is -1.75. The molecule has 2 rings (SSSR count). The van der Waals surface area contributed by atoms with Crippen LogP contribution in [0.15, 0.2) is 46.4 Å². The van der Waals surface area contributed by atoms with Crippen LogP contribution in [-0.4, -0.2) is 54.0 Å². The van der Waals surface area contributed by atoms with E-state index in [9.17, 15) is 10.2 Å². The standard InChI is InChI=1S/C20H24N2O4.Cu.3NO3.Pr/c1-3-25-17-9-5-7-15(19(17)23)13-21-11-12-22-14-16-8-6-10-18(20(16)24)26-4-2;;3*2-1(3)4;/h5-10,13-14,23-24H,3-4,11-12H2,1-2H3;;;;;/q;+2;3*-1;+3/p-2. The Bertz CT molecular complexity index is 971. The average molecular weight is 745 g/mol. The van der Waals surface area contributed by atoms with Gasteiger partial charge in [-0.2, -0.15) is 0 Å². The van der Waals surface area contributed by atoms with Crippen molar-refractivity contribution in [1.82, 2.24) is 0 Å². The number of benzene rings is 2. The van der Waals surface area contributed by atoms with Crippen LogP contribution in [0.1, 0.15) is 25.0 Å². The third-order valence-corrected chi connectivity index (χ3v) is 3.44. The van der Waals surface area contributed by atoms with E-state index in [-0.39, 0.29) is 69.9 Å². The van der Waals surface area contributed by atoms with E-state index >= 15 is 0 Å². The van der Waals surface area contributed by atoms with Gasteiger partial charge >= 0.3 is 58.4 Å². The van der Waals surface area contributed by atoms with Gasteiger partial charge in [-0.15, -0.1) is 0 Å². The van der Waals surface area contributed by atoms with E-state index in [0.29, 0.717) is 48.9 Å². The first-order valence-electron chi connectivity index (χ1n) is 10.2. The molecular formula is C20H22CuN5O13Pr. The van der Waals surface area contributed by atoms with Gasteiger partial charge in [0, 0.05) is 12.4 Å². The molecule has 2 aromatic carbocycles. The van der Waals surface area contributed by atoms with Crippen molar-refractivity contribution in [3.8, 4) is 23.0 Å². The zero-order chi connectivity index (χ0) is 29.5. The molecule has 40 heavy (non-hydrogen) atoms. The summed E-state index contributed by atoms with van der Waals surface area (Å²) in [5.41, 5.74) is 0.956. The van der Waals surface area contributed by atoms with Gasteiger partial charge in [-0.1, -0.05) is 35.8 Å². The van der Waals surface area contributed by atoms with Crippen molar-refractivity contribution >= 4 is 12.4 Å². The summed E-state index contributed by atoms with van der Waals surface area (Å²) in [6, 6.07) is 10.2. The van der Waals surface area contributed by atoms with Crippen LogP contribution in [0.3, 0.4) is 0 Å². The third kappa shape index (κ3) is 24.8. The molecule has 0 amide bonds. The van der Waals surface area contributed by atoms with Gasteiger partial charge in [0.2, 0.25) is 0 Å². The van der Waals surface area contributed by atoms with Crippen molar-refractivity contribution < 1.29 is 93.3 Å². The Morgan fingerprint density at radius 1 is 0.675 bits per heavy atom. The van der Waals surface area contributed by atoms with E-state index in [1.165, 1.54) is 12.4 Å². The molecule has 2 aromatic rings. The number of rotatable bonds is 9. The van der Waals surface area contributed by atoms with Gasteiger partial charge < -0.3 is 65.7 Å². The molecule has 0 aromatic heterocycles. The van der Waals surface area contributed by atoms with Gasteiger partial charge in [-0.3, -0.25) is 9.98 Å². The van der Waals surface area contributed by atoms with Crippen molar-refractivity contribution in [3.63, 3.8) is 0 Å². The third-order valence-electron chi connectivity index (χ3n) is 3.44. The molecule has 0 saturated carbocycles. The zero-order valence-electron chi connectivity index (χ0n) is 20.9. The fourth-order valence-electron chi connectivity index (χ4n) is 2.25. The minimum Gasteiger partial charge on any atom is -0.870 e. The van der Waals surface area contributed by atoms with Crippen LogP contribution >= 0.6 is 0 Å². The molecule has 18 nitrogen and oxygen atoms in total. The second kappa shape index (κ2) is 27.0. The molecule has 0 aliphatic carbocycles.